The van der Waals surface area contributed by atoms with Crippen molar-refractivity contribution >= 4 is 32.8 Å². The molecule has 0 unspecified atom stereocenters. The third kappa shape index (κ3) is 4.65. The predicted octanol–water partition coefficient (Wildman–Crippen LogP) is 3.04. The maximum atomic E-state index is 12.6. The monoisotopic (exact) mass is 405 g/mol. The summed E-state index contributed by atoms with van der Waals surface area (Å²) in [5.41, 5.74) is 10.0. The summed E-state index contributed by atoms with van der Waals surface area (Å²) in [5.74, 6) is 0. The number of hydrogen-bond acceptors (Lipinski definition) is 7. The lowest BCUT2D eigenvalue weighted by Gasteiger charge is -2.18. The zero-order valence-corrected chi connectivity index (χ0v) is 16.7. The van der Waals surface area contributed by atoms with Crippen LogP contribution in [0.2, 0.25) is 0 Å². The Morgan fingerprint density at radius 3 is 2.46 bits per heavy atom. The summed E-state index contributed by atoms with van der Waals surface area (Å²) in [6.07, 6.45) is 0. The highest BCUT2D eigenvalue weighted by Crippen LogP contribution is 2.29. The number of nitrogens with one attached hydrogen (secondary N) is 1. The first-order valence-electron chi connectivity index (χ1n) is 8.65. The van der Waals surface area contributed by atoms with Crippen LogP contribution in [0.5, 0.6) is 0 Å². The van der Waals surface area contributed by atoms with E-state index in [0.717, 1.165) is 11.6 Å². The van der Waals surface area contributed by atoms with Gasteiger partial charge in [-0.1, -0.05) is 26.0 Å². The van der Waals surface area contributed by atoms with Crippen molar-refractivity contribution in [3.63, 3.8) is 0 Å². The standard InChI is InChI=1S/C18H23N5O4S/c1-4-22(5-2)28(26,27)16-9-10-17(18(12-16)23(24)25)21-20-13(3)14-7-6-8-15(19)11-14/h6-12,21H,4-5,19H2,1-3H3/b20-13+. The molecule has 0 saturated carbocycles. The fourth-order valence-electron chi connectivity index (χ4n) is 2.60. The second-order valence-corrected chi connectivity index (χ2v) is 7.90. The molecule has 0 saturated heterocycles. The third-order valence-corrected chi connectivity index (χ3v) is 6.20. The van der Waals surface area contributed by atoms with Crippen LogP contribution in [0.3, 0.4) is 0 Å². The number of hydrogen-bond donors (Lipinski definition) is 2. The largest absolute Gasteiger partial charge is 0.399 e. The number of benzene rings is 2. The molecule has 0 spiro atoms. The van der Waals surface area contributed by atoms with Gasteiger partial charge in [0.05, 0.1) is 15.5 Å². The number of nitrogen functional groups attached to an aromatic ring is 1. The maximum Gasteiger partial charge on any atom is 0.295 e. The minimum Gasteiger partial charge on any atom is -0.399 e. The topological polar surface area (TPSA) is 131 Å². The molecule has 0 amide bonds. The zero-order chi connectivity index (χ0) is 20.9. The quantitative estimate of drug-likeness (QED) is 0.300. The van der Waals surface area contributed by atoms with Gasteiger partial charge in [-0.25, -0.2) is 8.42 Å². The van der Waals surface area contributed by atoms with Crippen molar-refractivity contribution in [2.45, 2.75) is 25.7 Å². The fraction of sp³-hybridized carbons (Fsp3) is 0.278. The van der Waals surface area contributed by atoms with E-state index in [1.54, 1.807) is 39.0 Å². The van der Waals surface area contributed by atoms with Gasteiger partial charge < -0.3 is 5.73 Å². The Balaban J connectivity index is 2.38. The molecule has 0 fully saturated rings. The normalized spacial score (nSPS) is 12.2. The van der Waals surface area contributed by atoms with Crippen LogP contribution in [0.15, 0.2) is 52.5 Å². The van der Waals surface area contributed by atoms with Crippen molar-refractivity contribution in [1.82, 2.24) is 4.31 Å². The van der Waals surface area contributed by atoms with Crippen molar-refractivity contribution in [1.29, 1.82) is 0 Å². The van der Waals surface area contributed by atoms with E-state index >= 15 is 0 Å². The molecule has 0 aliphatic heterocycles. The van der Waals surface area contributed by atoms with Crippen molar-refractivity contribution in [3.05, 3.63) is 58.1 Å². The van der Waals surface area contributed by atoms with Gasteiger partial charge in [-0.15, -0.1) is 0 Å². The minimum absolute atomic E-state index is 0.0896. The summed E-state index contributed by atoms with van der Waals surface area (Å²) in [7, 11) is -3.80. The highest BCUT2D eigenvalue weighted by atomic mass is 32.2. The summed E-state index contributed by atoms with van der Waals surface area (Å²) in [6, 6.07) is 10.8. The van der Waals surface area contributed by atoms with Crippen LogP contribution < -0.4 is 11.2 Å². The molecule has 2 aromatic carbocycles. The van der Waals surface area contributed by atoms with Crippen LogP contribution in [-0.4, -0.2) is 36.4 Å². The predicted molar refractivity (Wildman–Crippen MR) is 110 cm³/mol. The molecular formula is C18H23N5O4S. The summed E-state index contributed by atoms with van der Waals surface area (Å²) >= 11 is 0. The van der Waals surface area contributed by atoms with E-state index < -0.39 is 14.9 Å². The Kier molecular flexibility index (Phi) is 6.71. The molecule has 0 aromatic heterocycles. The van der Waals surface area contributed by atoms with Crippen LogP contribution >= 0.6 is 0 Å². The Labute approximate surface area is 164 Å². The Hall–Kier alpha value is -2.98. The lowest BCUT2D eigenvalue weighted by Crippen LogP contribution is -2.30. The van der Waals surface area contributed by atoms with Gasteiger partial charge in [-0.05, 0) is 36.8 Å². The zero-order valence-electron chi connectivity index (χ0n) is 15.9. The van der Waals surface area contributed by atoms with Gasteiger partial charge in [0, 0.05) is 24.8 Å². The molecule has 2 aromatic rings. The molecule has 0 heterocycles. The van der Waals surface area contributed by atoms with Gasteiger partial charge in [0.25, 0.3) is 5.69 Å². The van der Waals surface area contributed by atoms with Gasteiger partial charge >= 0.3 is 0 Å². The van der Waals surface area contributed by atoms with Crippen molar-refractivity contribution in [3.8, 4) is 0 Å². The molecule has 0 bridgehead atoms. The van der Waals surface area contributed by atoms with Gasteiger partial charge in [-0.3, -0.25) is 15.5 Å². The Bertz CT molecular complexity index is 1000. The second kappa shape index (κ2) is 8.81. The van der Waals surface area contributed by atoms with Crippen LogP contribution in [0.25, 0.3) is 0 Å². The molecular weight excluding hydrogens is 382 g/mol. The summed E-state index contributed by atoms with van der Waals surface area (Å²) in [4.78, 5) is 10.7. The molecule has 2 rings (SSSR count). The number of nitrogens with two attached hydrogens (primary N) is 1. The van der Waals surface area contributed by atoms with E-state index in [1.165, 1.54) is 16.4 Å². The van der Waals surface area contributed by atoms with Crippen LogP contribution in [0.1, 0.15) is 26.3 Å². The number of nitrogens with zero attached hydrogens (tertiary/aromatic N) is 3. The number of hydrazone groups is 1. The first-order chi connectivity index (χ1) is 13.2. The summed E-state index contributed by atoms with van der Waals surface area (Å²) < 4.78 is 26.5. The molecule has 3 N–H and O–H groups in total. The third-order valence-electron chi connectivity index (χ3n) is 4.16. The average molecular weight is 405 g/mol. The molecule has 10 heteroatoms. The molecule has 28 heavy (non-hydrogen) atoms. The highest BCUT2D eigenvalue weighted by Gasteiger charge is 2.25. The number of nitro benzene ring substituents is 1. The molecule has 0 aliphatic rings. The smallest absolute Gasteiger partial charge is 0.295 e. The van der Waals surface area contributed by atoms with Crippen molar-refractivity contribution < 1.29 is 13.3 Å². The number of nitro groups is 1. The van der Waals surface area contributed by atoms with E-state index in [2.05, 4.69) is 10.5 Å². The van der Waals surface area contributed by atoms with Crippen LogP contribution in [-0.2, 0) is 10.0 Å². The van der Waals surface area contributed by atoms with Crippen LogP contribution in [0, 0.1) is 10.1 Å². The number of sulfonamides is 1. The Morgan fingerprint density at radius 1 is 1.21 bits per heavy atom. The van der Waals surface area contributed by atoms with Crippen LogP contribution in [0.4, 0.5) is 17.1 Å². The van der Waals surface area contributed by atoms with Gasteiger partial charge in [0.2, 0.25) is 10.0 Å². The van der Waals surface area contributed by atoms with Crippen molar-refractivity contribution in [2.75, 3.05) is 24.2 Å². The SMILES string of the molecule is CCN(CC)S(=O)(=O)c1ccc(N/N=C(\C)c2cccc(N)c2)c([N+](=O)[O-])c1. The first-order valence-corrected chi connectivity index (χ1v) is 10.1. The summed E-state index contributed by atoms with van der Waals surface area (Å²) in [5, 5.41) is 15.6. The molecule has 0 aliphatic carbocycles. The average Bonchev–Trinajstić information content (AvgIpc) is 2.66. The Morgan fingerprint density at radius 2 is 1.89 bits per heavy atom. The molecule has 9 nitrogen and oxygen atoms in total. The van der Waals surface area contributed by atoms with E-state index in [9.17, 15) is 18.5 Å². The van der Waals surface area contributed by atoms with E-state index in [0.29, 0.717) is 11.4 Å². The minimum atomic E-state index is -3.80. The van der Waals surface area contributed by atoms with Gasteiger partial charge in [0.1, 0.15) is 5.69 Å². The van der Waals surface area contributed by atoms with Gasteiger partial charge in [-0.2, -0.15) is 9.41 Å². The second-order valence-electron chi connectivity index (χ2n) is 5.96. The molecule has 150 valence electrons. The first kappa shape index (κ1) is 21.3. The fourth-order valence-corrected chi connectivity index (χ4v) is 4.08. The van der Waals surface area contributed by atoms with E-state index in [1.807, 2.05) is 6.07 Å². The maximum absolute atomic E-state index is 12.6. The lowest BCUT2D eigenvalue weighted by molar-refractivity contribution is -0.384. The highest BCUT2D eigenvalue weighted by molar-refractivity contribution is 7.89. The lowest BCUT2D eigenvalue weighted by atomic mass is 10.1. The van der Waals surface area contributed by atoms with Crippen molar-refractivity contribution in [2.24, 2.45) is 5.10 Å². The number of rotatable bonds is 8. The molecule has 0 radical (unpaired) electrons. The van der Waals surface area contributed by atoms with E-state index in [4.69, 9.17) is 5.73 Å². The van der Waals surface area contributed by atoms with Gasteiger partial charge in [0.15, 0.2) is 0 Å². The molecule has 0 atom stereocenters. The number of anilines is 2. The summed E-state index contributed by atoms with van der Waals surface area (Å²) in [6.45, 7) is 5.69. The van der Waals surface area contributed by atoms with E-state index in [-0.39, 0.29) is 29.4 Å².